The number of carbonyl (C=O) groups is 1. The van der Waals surface area contributed by atoms with Crippen LogP contribution in [0.5, 0.6) is 5.75 Å². The summed E-state index contributed by atoms with van der Waals surface area (Å²) in [4.78, 5) is 11.9. The number of carboxylic acid groups (broad SMARTS) is 1. The molecule has 154 valence electrons. The van der Waals surface area contributed by atoms with Gasteiger partial charge in [-0.05, 0) is 67.0 Å². The Labute approximate surface area is 171 Å². The summed E-state index contributed by atoms with van der Waals surface area (Å²) in [6.07, 6.45) is -0.399. The molecule has 0 bridgehead atoms. The maximum absolute atomic E-state index is 12.9. The highest BCUT2D eigenvalue weighted by molar-refractivity contribution is 6.33. The van der Waals surface area contributed by atoms with Gasteiger partial charge in [0.25, 0.3) is 0 Å². The van der Waals surface area contributed by atoms with Gasteiger partial charge in [0.2, 0.25) is 0 Å². The van der Waals surface area contributed by atoms with E-state index in [1.807, 2.05) is 0 Å². The van der Waals surface area contributed by atoms with Crippen LogP contribution in [0.4, 0.5) is 13.2 Å². The predicted molar refractivity (Wildman–Crippen MR) is 103 cm³/mol. The molecular weight excluding hydrogens is 405 g/mol. The van der Waals surface area contributed by atoms with Gasteiger partial charge in [-0.3, -0.25) is 4.79 Å². The fourth-order valence-electron chi connectivity index (χ4n) is 3.73. The van der Waals surface area contributed by atoms with Gasteiger partial charge in [-0.2, -0.15) is 13.2 Å². The highest BCUT2D eigenvalue weighted by Gasteiger charge is 2.46. The third kappa shape index (κ3) is 3.82. The first-order valence-electron chi connectivity index (χ1n) is 9.58. The highest BCUT2D eigenvalue weighted by Crippen LogP contribution is 2.48. The molecule has 0 saturated heterocycles. The summed E-state index contributed by atoms with van der Waals surface area (Å²) in [5, 5.41) is 10.0. The van der Waals surface area contributed by atoms with Gasteiger partial charge in [-0.1, -0.05) is 30.2 Å². The van der Waals surface area contributed by atoms with E-state index in [9.17, 15) is 23.1 Å². The van der Waals surface area contributed by atoms with Crippen molar-refractivity contribution in [2.75, 3.05) is 6.61 Å². The third-order valence-corrected chi connectivity index (χ3v) is 6.19. The molecule has 0 unspecified atom stereocenters. The molecule has 0 aromatic heterocycles. The molecular formula is C22H20ClF3O3. The van der Waals surface area contributed by atoms with Crippen LogP contribution in [0, 0.1) is 5.92 Å². The normalized spacial score (nSPS) is 18.2. The lowest BCUT2D eigenvalue weighted by molar-refractivity contribution is -0.147. The number of carboxylic acids is 1. The smallest absolute Gasteiger partial charge is 0.416 e. The molecule has 0 amide bonds. The third-order valence-electron chi connectivity index (χ3n) is 5.90. The van der Waals surface area contributed by atoms with Crippen LogP contribution in [-0.4, -0.2) is 17.7 Å². The Morgan fingerprint density at radius 2 is 1.83 bits per heavy atom. The van der Waals surface area contributed by atoms with Crippen molar-refractivity contribution >= 4 is 17.6 Å². The molecule has 3 nitrogen and oxygen atoms in total. The van der Waals surface area contributed by atoms with E-state index in [-0.39, 0.29) is 5.02 Å². The van der Waals surface area contributed by atoms with Gasteiger partial charge in [-0.25, -0.2) is 0 Å². The van der Waals surface area contributed by atoms with Crippen LogP contribution in [-0.2, 0) is 16.4 Å². The molecule has 4 rings (SSSR count). The van der Waals surface area contributed by atoms with Gasteiger partial charge in [0.15, 0.2) is 0 Å². The van der Waals surface area contributed by atoms with Crippen molar-refractivity contribution in [3.8, 4) is 16.9 Å². The lowest BCUT2D eigenvalue weighted by Gasteiger charge is -2.38. The SMILES string of the molecule is O=C(O)C1(c2cc(Cl)c(-c3ccc(C(F)(F)F)cc3)c(OCC3CC3)c2)CCC1. The summed E-state index contributed by atoms with van der Waals surface area (Å²) in [7, 11) is 0. The Morgan fingerprint density at radius 3 is 2.31 bits per heavy atom. The van der Waals surface area contributed by atoms with Crippen LogP contribution < -0.4 is 4.74 Å². The molecule has 2 aliphatic carbocycles. The standard InChI is InChI=1S/C22H20ClF3O3/c23-17-10-16(21(20(27)28)8-1-9-21)11-18(29-12-13-2-3-13)19(17)14-4-6-15(7-5-14)22(24,25)26/h4-7,10-11,13H,1-3,8-9,12H2,(H,27,28). The number of alkyl halides is 3. The second kappa shape index (κ2) is 7.24. The number of ether oxygens (including phenoxy) is 1. The molecule has 2 aliphatic rings. The van der Waals surface area contributed by atoms with Gasteiger partial charge >= 0.3 is 12.1 Å². The van der Waals surface area contributed by atoms with Crippen LogP contribution >= 0.6 is 11.6 Å². The average molecular weight is 425 g/mol. The molecule has 2 aromatic rings. The lowest BCUT2D eigenvalue weighted by atomic mass is 9.64. The zero-order valence-corrected chi connectivity index (χ0v) is 16.3. The maximum Gasteiger partial charge on any atom is 0.416 e. The van der Waals surface area contributed by atoms with E-state index < -0.39 is 23.1 Å². The van der Waals surface area contributed by atoms with Crippen LogP contribution in [0.2, 0.25) is 5.02 Å². The quantitative estimate of drug-likeness (QED) is 0.590. The minimum Gasteiger partial charge on any atom is -0.493 e. The second-order valence-electron chi connectivity index (χ2n) is 7.90. The van der Waals surface area contributed by atoms with E-state index in [0.717, 1.165) is 31.4 Å². The second-order valence-corrected chi connectivity index (χ2v) is 8.31. The molecule has 0 heterocycles. The van der Waals surface area contributed by atoms with Crippen molar-refractivity contribution in [1.82, 2.24) is 0 Å². The van der Waals surface area contributed by atoms with E-state index in [4.69, 9.17) is 16.3 Å². The summed E-state index contributed by atoms with van der Waals surface area (Å²) in [6.45, 7) is 0.480. The van der Waals surface area contributed by atoms with Crippen molar-refractivity contribution in [1.29, 1.82) is 0 Å². The molecule has 2 aromatic carbocycles. The van der Waals surface area contributed by atoms with Gasteiger partial charge in [-0.15, -0.1) is 0 Å². The minimum absolute atomic E-state index is 0.278. The van der Waals surface area contributed by atoms with E-state index in [0.29, 0.717) is 47.8 Å². The van der Waals surface area contributed by atoms with E-state index in [2.05, 4.69) is 0 Å². The molecule has 2 fully saturated rings. The van der Waals surface area contributed by atoms with Crippen molar-refractivity contribution < 1.29 is 27.8 Å². The molecule has 0 radical (unpaired) electrons. The molecule has 2 saturated carbocycles. The molecule has 0 aliphatic heterocycles. The number of rotatable bonds is 6. The first-order chi connectivity index (χ1) is 13.7. The summed E-state index contributed by atoms with van der Waals surface area (Å²) in [5.74, 6) is -0.0167. The summed E-state index contributed by atoms with van der Waals surface area (Å²) in [6, 6.07) is 8.07. The van der Waals surface area contributed by atoms with Crippen molar-refractivity contribution in [3.05, 3.63) is 52.5 Å². The number of hydrogen-bond acceptors (Lipinski definition) is 2. The Balaban J connectivity index is 1.76. The maximum atomic E-state index is 12.9. The molecule has 29 heavy (non-hydrogen) atoms. The largest absolute Gasteiger partial charge is 0.493 e. The molecule has 1 N–H and O–H groups in total. The summed E-state index contributed by atoms with van der Waals surface area (Å²) < 4.78 is 44.7. The molecule has 7 heteroatoms. The highest BCUT2D eigenvalue weighted by atomic mass is 35.5. The Hall–Kier alpha value is -2.21. The zero-order valence-electron chi connectivity index (χ0n) is 15.6. The first-order valence-corrected chi connectivity index (χ1v) is 9.96. The average Bonchev–Trinajstić information content (AvgIpc) is 3.42. The number of halogens is 4. The first kappa shape index (κ1) is 20.1. The Bertz CT molecular complexity index is 930. The molecule has 0 atom stereocenters. The van der Waals surface area contributed by atoms with Gasteiger partial charge in [0, 0.05) is 5.56 Å². The number of benzene rings is 2. The van der Waals surface area contributed by atoms with Crippen LogP contribution in [0.25, 0.3) is 11.1 Å². The number of hydrogen-bond donors (Lipinski definition) is 1. The molecule has 0 spiro atoms. The summed E-state index contributed by atoms with van der Waals surface area (Å²) >= 11 is 6.53. The Morgan fingerprint density at radius 1 is 1.17 bits per heavy atom. The topological polar surface area (TPSA) is 46.5 Å². The van der Waals surface area contributed by atoms with Gasteiger partial charge in [0.05, 0.1) is 22.6 Å². The van der Waals surface area contributed by atoms with Crippen molar-refractivity contribution in [3.63, 3.8) is 0 Å². The fourth-order valence-corrected chi connectivity index (χ4v) is 4.05. The van der Waals surface area contributed by atoms with E-state index >= 15 is 0 Å². The van der Waals surface area contributed by atoms with Crippen LogP contribution in [0.1, 0.15) is 43.2 Å². The van der Waals surface area contributed by atoms with Crippen molar-refractivity contribution in [2.24, 2.45) is 5.92 Å². The van der Waals surface area contributed by atoms with Crippen LogP contribution in [0.15, 0.2) is 36.4 Å². The van der Waals surface area contributed by atoms with E-state index in [1.165, 1.54) is 12.1 Å². The zero-order chi connectivity index (χ0) is 20.8. The monoisotopic (exact) mass is 424 g/mol. The van der Waals surface area contributed by atoms with Gasteiger partial charge in [0.1, 0.15) is 5.75 Å². The minimum atomic E-state index is -4.42. The van der Waals surface area contributed by atoms with Crippen LogP contribution in [0.3, 0.4) is 0 Å². The van der Waals surface area contributed by atoms with Gasteiger partial charge < -0.3 is 9.84 Å². The Kier molecular flexibility index (Phi) is 5.01. The number of aliphatic carboxylic acids is 1. The predicted octanol–water partition coefficient (Wildman–Crippen LogP) is 6.32. The van der Waals surface area contributed by atoms with Crippen molar-refractivity contribution in [2.45, 2.75) is 43.7 Å². The lowest BCUT2D eigenvalue weighted by Crippen LogP contribution is -2.42. The van der Waals surface area contributed by atoms with E-state index in [1.54, 1.807) is 12.1 Å². The summed E-state index contributed by atoms with van der Waals surface area (Å²) in [5.41, 5.74) is -0.139. The fraction of sp³-hybridized carbons (Fsp3) is 0.409.